The van der Waals surface area contributed by atoms with Gasteiger partial charge in [-0.3, -0.25) is 0 Å². The Morgan fingerprint density at radius 1 is 1.05 bits per heavy atom. The molecule has 1 aromatic carbocycles. The molecule has 0 fully saturated rings. The number of rotatable bonds is 8. The maximum Gasteiger partial charge on any atom is 0.407 e. The lowest BCUT2D eigenvalue weighted by atomic mass is 10.1. The first-order valence-corrected chi connectivity index (χ1v) is 7.69. The van der Waals surface area contributed by atoms with Crippen molar-refractivity contribution in [3.8, 4) is 0 Å². The van der Waals surface area contributed by atoms with Crippen LogP contribution in [-0.2, 0) is 11.2 Å². The molecule has 0 radical (unpaired) electrons. The van der Waals surface area contributed by atoms with Crippen molar-refractivity contribution < 1.29 is 9.53 Å². The summed E-state index contributed by atoms with van der Waals surface area (Å²) in [6.45, 7) is 8.13. The molecule has 1 rings (SSSR count). The van der Waals surface area contributed by atoms with Crippen LogP contribution in [0.25, 0.3) is 0 Å². The Morgan fingerprint density at radius 2 is 1.71 bits per heavy atom. The number of ether oxygens (including phenoxy) is 1. The zero-order valence-electron chi connectivity index (χ0n) is 13.4. The van der Waals surface area contributed by atoms with Crippen LogP contribution >= 0.6 is 0 Å². The van der Waals surface area contributed by atoms with Crippen LogP contribution in [0, 0.1) is 0 Å². The SMILES string of the molecule is CC(C)(C)OC(=O)NCCCNCCCc1ccccc1. The predicted molar refractivity (Wildman–Crippen MR) is 86.5 cm³/mol. The summed E-state index contributed by atoms with van der Waals surface area (Å²) in [5, 5.41) is 6.14. The van der Waals surface area contributed by atoms with Crippen molar-refractivity contribution in [2.24, 2.45) is 0 Å². The molecule has 4 heteroatoms. The molecular formula is C17H28N2O2. The van der Waals surface area contributed by atoms with E-state index in [1.54, 1.807) is 0 Å². The summed E-state index contributed by atoms with van der Waals surface area (Å²) in [7, 11) is 0. The van der Waals surface area contributed by atoms with Crippen molar-refractivity contribution in [1.29, 1.82) is 0 Å². The van der Waals surface area contributed by atoms with E-state index in [0.29, 0.717) is 6.54 Å². The van der Waals surface area contributed by atoms with Crippen molar-refractivity contribution in [3.63, 3.8) is 0 Å². The molecule has 0 aliphatic carbocycles. The van der Waals surface area contributed by atoms with Crippen molar-refractivity contribution in [2.45, 2.75) is 45.6 Å². The Labute approximate surface area is 128 Å². The molecule has 0 saturated carbocycles. The first-order valence-electron chi connectivity index (χ1n) is 7.69. The Balaban J connectivity index is 1.92. The van der Waals surface area contributed by atoms with Gasteiger partial charge >= 0.3 is 6.09 Å². The molecule has 118 valence electrons. The third-order valence-corrected chi connectivity index (χ3v) is 2.86. The van der Waals surface area contributed by atoms with E-state index in [2.05, 4.69) is 34.9 Å². The summed E-state index contributed by atoms with van der Waals surface area (Å²) in [4.78, 5) is 11.4. The molecule has 0 atom stereocenters. The van der Waals surface area contributed by atoms with Gasteiger partial charge in [-0.1, -0.05) is 30.3 Å². The van der Waals surface area contributed by atoms with E-state index in [9.17, 15) is 4.79 Å². The van der Waals surface area contributed by atoms with Crippen molar-refractivity contribution in [3.05, 3.63) is 35.9 Å². The highest BCUT2D eigenvalue weighted by Gasteiger charge is 2.15. The third-order valence-electron chi connectivity index (χ3n) is 2.86. The van der Waals surface area contributed by atoms with Gasteiger partial charge in [-0.25, -0.2) is 4.79 Å². The first-order chi connectivity index (χ1) is 9.97. The quantitative estimate of drug-likeness (QED) is 0.724. The largest absolute Gasteiger partial charge is 0.444 e. The second-order valence-electron chi connectivity index (χ2n) is 6.12. The summed E-state index contributed by atoms with van der Waals surface area (Å²) in [5.74, 6) is 0. The smallest absolute Gasteiger partial charge is 0.407 e. The van der Waals surface area contributed by atoms with E-state index in [-0.39, 0.29) is 6.09 Å². The molecule has 0 bridgehead atoms. The molecule has 0 spiro atoms. The summed E-state index contributed by atoms with van der Waals surface area (Å²) < 4.78 is 5.16. The average Bonchev–Trinajstić information content (AvgIpc) is 2.41. The number of carbonyl (C=O) groups excluding carboxylic acids is 1. The highest BCUT2D eigenvalue weighted by Crippen LogP contribution is 2.06. The Morgan fingerprint density at radius 3 is 2.38 bits per heavy atom. The summed E-state index contributed by atoms with van der Waals surface area (Å²) in [5.41, 5.74) is 0.950. The van der Waals surface area contributed by atoms with Gasteiger partial charge in [0, 0.05) is 6.54 Å². The van der Waals surface area contributed by atoms with Gasteiger partial charge < -0.3 is 15.4 Å². The van der Waals surface area contributed by atoms with E-state index in [1.807, 2.05) is 26.8 Å². The van der Waals surface area contributed by atoms with E-state index in [4.69, 9.17) is 4.74 Å². The van der Waals surface area contributed by atoms with Crippen molar-refractivity contribution in [2.75, 3.05) is 19.6 Å². The summed E-state index contributed by atoms with van der Waals surface area (Å²) in [6.07, 6.45) is 2.80. The standard InChI is InChI=1S/C17H28N2O2/c1-17(2,3)21-16(20)19-14-8-13-18-12-7-11-15-9-5-4-6-10-15/h4-6,9-10,18H,7-8,11-14H2,1-3H3,(H,19,20). The fourth-order valence-electron chi connectivity index (χ4n) is 1.91. The van der Waals surface area contributed by atoms with Crippen LogP contribution in [-0.4, -0.2) is 31.3 Å². The second kappa shape index (κ2) is 9.40. The van der Waals surface area contributed by atoms with Crippen LogP contribution in [0.1, 0.15) is 39.2 Å². The fourth-order valence-corrected chi connectivity index (χ4v) is 1.91. The predicted octanol–water partition coefficient (Wildman–Crippen LogP) is 3.12. The maximum atomic E-state index is 11.4. The first kappa shape index (κ1) is 17.5. The lowest BCUT2D eigenvalue weighted by Gasteiger charge is -2.19. The van der Waals surface area contributed by atoms with Gasteiger partial charge in [0.2, 0.25) is 0 Å². The number of aryl methyl sites for hydroxylation is 1. The molecule has 2 N–H and O–H groups in total. The van der Waals surface area contributed by atoms with Crippen LogP contribution in [0.4, 0.5) is 4.79 Å². The van der Waals surface area contributed by atoms with Crippen molar-refractivity contribution in [1.82, 2.24) is 10.6 Å². The molecule has 4 nitrogen and oxygen atoms in total. The van der Waals surface area contributed by atoms with Gasteiger partial charge in [0.15, 0.2) is 0 Å². The number of benzene rings is 1. The van der Waals surface area contributed by atoms with Crippen LogP contribution < -0.4 is 10.6 Å². The van der Waals surface area contributed by atoms with E-state index in [1.165, 1.54) is 5.56 Å². The lowest BCUT2D eigenvalue weighted by Crippen LogP contribution is -2.34. The Kier molecular flexibility index (Phi) is 7.83. The number of hydrogen-bond acceptors (Lipinski definition) is 3. The summed E-state index contributed by atoms with van der Waals surface area (Å²) in [6, 6.07) is 10.5. The van der Waals surface area contributed by atoms with Gasteiger partial charge in [0.25, 0.3) is 0 Å². The molecule has 0 aliphatic rings. The van der Waals surface area contributed by atoms with Gasteiger partial charge in [-0.15, -0.1) is 0 Å². The molecule has 0 aliphatic heterocycles. The average molecular weight is 292 g/mol. The zero-order chi connectivity index (χ0) is 15.6. The van der Waals surface area contributed by atoms with Crippen molar-refractivity contribution >= 4 is 6.09 Å². The van der Waals surface area contributed by atoms with E-state index >= 15 is 0 Å². The summed E-state index contributed by atoms with van der Waals surface area (Å²) >= 11 is 0. The Hall–Kier alpha value is -1.55. The monoisotopic (exact) mass is 292 g/mol. The molecule has 1 aromatic rings. The third kappa shape index (κ3) is 9.91. The van der Waals surface area contributed by atoms with E-state index < -0.39 is 5.60 Å². The number of nitrogens with one attached hydrogen (secondary N) is 2. The van der Waals surface area contributed by atoms with Crippen LogP contribution in [0.5, 0.6) is 0 Å². The minimum Gasteiger partial charge on any atom is -0.444 e. The van der Waals surface area contributed by atoms with Gasteiger partial charge in [0.05, 0.1) is 0 Å². The van der Waals surface area contributed by atoms with Crippen LogP contribution in [0.2, 0.25) is 0 Å². The minimum absolute atomic E-state index is 0.341. The fraction of sp³-hybridized carbons (Fsp3) is 0.588. The number of hydrogen-bond donors (Lipinski definition) is 2. The number of carbonyl (C=O) groups is 1. The normalized spacial score (nSPS) is 11.2. The van der Waals surface area contributed by atoms with E-state index in [0.717, 1.165) is 32.4 Å². The number of alkyl carbamates (subject to hydrolysis) is 1. The zero-order valence-corrected chi connectivity index (χ0v) is 13.4. The highest BCUT2D eigenvalue weighted by molar-refractivity contribution is 5.67. The van der Waals surface area contributed by atoms with Crippen LogP contribution in [0.3, 0.4) is 0 Å². The second-order valence-corrected chi connectivity index (χ2v) is 6.12. The molecule has 0 saturated heterocycles. The van der Waals surface area contributed by atoms with Gasteiger partial charge in [0.1, 0.15) is 5.60 Å². The molecule has 1 amide bonds. The van der Waals surface area contributed by atoms with Crippen LogP contribution in [0.15, 0.2) is 30.3 Å². The molecule has 21 heavy (non-hydrogen) atoms. The lowest BCUT2D eigenvalue weighted by molar-refractivity contribution is 0.0527. The Bertz CT molecular complexity index is 399. The van der Waals surface area contributed by atoms with Gasteiger partial charge in [-0.2, -0.15) is 0 Å². The topological polar surface area (TPSA) is 50.4 Å². The molecule has 0 heterocycles. The number of amides is 1. The molecule has 0 aromatic heterocycles. The van der Waals surface area contributed by atoms with Gasteiger partial charge in [-0.05, 0) is 58.7 Å². The highest BCUT2D eigenvalue weighted by atomic mass is 16.6. The molecular weight excluding hydrogens is 264 g/mol. The minimum atomic E-state index is -0.431. The molecule has 0 unspecified atom stereocenters. The maximum absolute atomic E-state index is 11.4.